The molecule has 0 saturated carbocycles. The lowest BCUT2D eigenvalue weighted by atomic mass is 9.97. The summed E-state index contributed by atoms with van der Waals surface area (Å²) < 4.78 is 0. The van der Waals surface area contributed by atoms with Crippen molar-refractivity contribution in [3.05, 3.63) is 35.9 Å². The van der Waals surface area contributed by atoms with E-state index in [1.807, 2.05) is 0 Å². The van der Waals surface area contributed by atoms with E-state index in [0.29, 0.717) is 18.6 Å². The van der Waals surface area contributed by atoms with Gasteiger partial charge >= 0.3 is 0 Å². The van der Waals surface area contributed by atoms with Crippen LogP contribution in [0.3, 0.4) is 0 Å². The molecule has 114 valence electrons. The number of benzene rings is 1. The molecule has 2 heteroatoms. The van der Waals surface area contributed by atoms with Crippen LogP contribution >= 0.6 is 0 Å². The van der Waals surface area contributed by atoms with E-state index in [1.54, 1.807) is 0 Å². The van der Waals surface area contributed by atoms with E-state index < -0.39 is 0 Å². The quantitative estimate of drug-likeness (QED) is 0.632. The van der Waals surface area contributed by atoms with Crippen molar-refractivity contribution in [2.24, 2.45) is 5.92 Å². The second-order valence-corrected chi connectivity index (χ2v) is 5.68. The third-order valence-corrected chi connectivity index (χ3v) is 3.94. The predicted octanol–water partition coefficient (Wildman–Crippen LogP) is 4.31. The molecule has 2 unspecified atom stereocenters. The molecule has 1 aromatic carbocycles. The topological polar surface area (TPSA) is 32.3 Å². The first-order chi connectivity index (χ1) is 9.81. The first-order valence-corrected chi connectivity index (χ1v) is 8.21. The molecule has 0 bridgehead atoms. The summed E-state index contributed by atoms with van der Waals surface area (Å²) in [6.45, 7) is 5.78. The Morgan fingerprint density at radius 2 is 1.75 bits per heavy atom. The fraction of sp³-hybridized carbons (Fsp3) is 0.667. The van der Waals surface area contributed by atoms with Crippen LogP contribution in [0.5, 0.6) is 0 Å². The molecule has 2 N–H and O–H groups in total. The summed E-state index contributed by atoms with van der Waals surface area (Å²) in [6, 6.07) is 11.2. The second kappa shape index (κ2) is 10.9. The average molecular weight is 277 g/mol. The minimum Gasteiger partial charge on any atom is -0.396 e. The Hall–Kier alpha value is -0.860. The fourth-order valence-corrected chi connectivity index (χ4v) is 2.73. The minimum absolute atomic E-state index is 0.303. The molecule has 0 radical (unpaired) electrons. The van der Waals surface area contributed by atoms with Gasteiger partial charge < -0.3 is 10.4 Å². The SMILES string of the molecule is CCCCC(NCC(CCC)CCO)c1ccccc1. The second-order valence-electron chi connectivity index (χ2n) is 5.68. The summed E-state index contributed by atoms with van der Waals surface area (Å²) >= 11 is 0. The van der Waals surface area contributed by atoms with Crippen molar-refractivity contribution in [2.75, 3.05) is 13.2 Å². The monoisotopic (exact) mass is 277 g/mol. The van der Waals surface area contributed by atoms with Gasteiger partial charge in [0.2, 0.25) is 0 Å². The van der Waals surface area contributed by atoms with Gasteiger partial charge in [-0.25, -0.2) is 0 Å². The van der Waals surface area contributed by atoms with Gasteiger partial charge in [-0.2, -0.15) is 0 Å². The van der Waals surface area contributed by atoms with E-state index in [4.69, 9.17) is 5.11 Å². The summed E-state index contributed by atoms with van der Waals surface area (Å²) in [7, 11) is 0. The first kappa shape index (κ1) is 17.2. The third kappa shape index (κ3) is 6.53. The van der Waals surface area contributed by atoms with Crippen molar-refractivity contribution >= 4 is 0 Å². The normalized spacial score (nSPS) is 14.2. The molecule has 0 fully saturated rings. The molecule has 0 heterocycles. The number of unbranched alkanes of at least 4 members (excludes halogenated alkanes) is 1. The number of hydrogen-bond donors (Lipinski definition) is 2. The van der Waals surface area contributed by atoms with Crippen LogP contribution in [0.25, 0.3) is 0 Å². The van der Waals surface area contributed by atoms with Gasteiger partial charge in [0, 0.05) is 12.6 Å². The van der Waals surface area contributed by atoms with E-state index >= 15 is 0 Å². The largest absolute Gasteiger partial charge is 0.396 e. The molecule has 0 aliphatic carbocycles. The molecule has 1 aromatic rings. The van der Waals surface area contributed by atoms with Gasteiger partial charge in [0.25, 0.3) is 0 Å². The van der Waals surface area contributed by atoms with Crippen LogP contribution < -0.4 is 5.32 Å². The highest BCUT2D eigenvalue weighted by Gasteiger charge is 2.13. The van der Waals surface area contributed by atoms with Crippen molar-refractivity contribution in [2.45, 2.75) is 58.4 Å². The number of aliphatic hydroxyl groups excluding tert-OH is 1. The summed E-state index contributed by atoms with van der Waals surface area (Å²) in [4.78, 5) is 0. The van der Waals surface area contributed by atoms with Gasteiger partial charge in [-0.3, -0.25) is 0 Å². The van der Waals surface area contributed by atoms with Crippen molar-refractivity contribution in [1.29, 1.82) is 0 Å². The maximum atomic E-state index is 9.16. The van der Waals surface area contributed by atoms with Crippen molar-refractivity contribution in [1.82, 2.24) is 5.32 Å². The highest BCUT2D eigenvalue weighted by molar-refractivity contribution is 5.18. The minimum atomic E-state index is 0.303. The predicted molar refractivity (Wildman–Crippen MR) is 86.8 cm³/mol. The van der Waals surface area contributed by atoms with Crippen molar-refractivity contribution in [3.8, 4) is 0 Å². The van der Waals surface area contributed by atoms with Gasteiger partial charge in [-0.15, -0.1) is 0 Å². The zero-order chi connectivity index (χ0) is 14.6. The smallest absolute Gasteiger partial charge is 0.0434 e. The molecule has 0 aromatic heterocycles. The molecular formula is C18H31NO. The molecule has 0 aliphatic rings. The fourth-order valence-electron chi connectivity index (χ4n) is 2.73. The Bertz CT molecular complexity index is 319. The number of hydrogen-bond acceptors (Lipinski definition) is 2. The zero-order valence-electron chi connectivity index (χ0n) is 13.1. The molecule has 0 amide bonds. The van der Waals surface area contributed by atoms with Crippen LogP contribution in [0, 0.1) is 5.92 Å². The van der Waals surface area contributed by atoms with Crippen LogP contribution in [-0.2, 0) is 0 Å². The lowest BCUT2D eigenvalue weighted by Gasteiger charge is -2.23. The lowest BCUT2D eigenvalue weighted by Crippen LogP contribution is -2.28. The van der Waals surface area contributed by atoms with Crippen LogP contribution in [0.15, 0.2) is 30.3 Å². The summed E-state index contributed by atoms with van der Waals surface area (Å²) in [5.74, 6) is 0.595. The molecule has 0 spiro atoms. The Labute approximate surface area is 124 Å². The molecule has 2 atom stereocenters. The van der Waals surface area contributed by atoms with Crippen LogP contribution in [-0.4, -0.2) is 18.3 Å². The first-order valence-electron chi connectivity index (χ1n) is 8.21. The van der Waals surface area contributed by atoms with E-state index in [1.165, 1.54) is 37.7 Å². The average Bonchev–Trinajstić information content (AvgIpc) is 2.48. The highest BCUT2D eigenvalue weighted by atomic mass is 16.3. The zero-order valence-corrected chi connectivity index (χ0v) is 13.1. The molecule has 1 rings (SSSR count). The standard InChI is InChI=1S/C18H31NO/c1-3-5-12-18(17-10-7-6-8-11-17)19-15-16(9-4-2)13-14-20/h6-8,10-11,16,18-20H,3-5,9,12-15H2,1-2H3. The number of nitrogens with one attached hydrogen (secondary N) is 1. The van der Waals surface area contributed by atoms with Gasteiger partial charge in [-0.05, 0) is 37.3 Å². The van der Waals surface area contributed by atoms with E-state index in [2.05, 4.69) is 49.5 Å². The van der Waals surface area contributed by atoms with Gasteiger partial charge in [0.15, 0.2) is 0 Å². The van der Waals surface area contributed by atoms with Crippen LogP contribution in [0.2, 0.25) is 0 Å². The van der Waals surface area contributed by atoms with E-state index in [-0.39, 0.29) is 0 Å². The Morgan fingerprint density at radius 3 is 2.35 bits per heavy atom. The molecule has 2 nitrogen and oxygen atoms in total. The molecule has 20 heavy (non-hydrogen) atoms. The van der Waals surface area contributed by atoms with Gasteiger partial charge in [0.05, 0.1) is 0 Å². The van der Waals surface area contributed by atoms with Crippen molar-refractivity contribution in [3.63, 3.8) is 0 Å². The van der Waals surface area contributed by atoms with Crippen molar-refractivity contribution < 1.29 is 5.11 Å². The van der Waals surface area contributed by atoms with Gasteiger partial charge in [0.1, 0.15) is 0 Å². The molecule has 0 aliphatic heterocycles. The van der Waals surface area contributed by atoms with Gasteiger partial charge in [-0.1, -0.05) is 63.4 Å². The van der Waals surface area contributed by atoms with E-state index in [0.717, 1.165) is 13.0 Å². The molecular weight excluding hydrogens is 246 g/mol. The summed E-state index contributed by atoms with van der Waals surface area (Å²) in [5, 5.41) is 12.9. The summed E-state index contributed by atoms with van der Waals surface area (Å²) in [6.07, 6.45) is 6.99. The number of aliphatic hydroxyl groups is 1. The Morgan fingerprint density at radius 1 is 1.00 bits per heavy atom. The molecule has 0 saturated heterocycles. The highest BCUT2D eigenvalue weighted by Crippen LogP contribution is 2.20. The summed E-state index contributed by atoms with van der Waals surface area (Å²) in [5.41, 5.74) is 1.39. The van der Waals surface area contributed by atoms with Crippen LogP contribution in [0.1, 0.15) is 64.0 Å². The Balaban J connectivity index is 2.55. The third-order valence-electron chi connectivity index (χ3n) is 3.94. The Kier molecular flexibility index (Phi) is 9.35. The lowest BCUT2D eigenvalue weighted by molar-refractivity contribution is 0.244. The number of rotatable bonds is 11. The maximum Gasteiger partial charge on any atom is 0.0434 e. The maximum absolute atomic E-state index is 9.16. The van der Waals surface area contributed by atoms with E-state index in [9.17, 15) is 0 Å². The van der Waals surface area contributed by atoms with Crippen LogP contribution in [0.4, 0.5) is 0 Å².